The molecule has 0 amide bonds. The number of rotatable bonds is 4. The van der Waals surface area contributed by atoms with Crippen molar-refractivity contribution < 1.29 is 4.42 Å². The molecule has 1 N–H and O–H groups in total. The van der Waals surface area contributed by atoms with E-state index in [4.69, 9.17) is 4.42 Å². The molecule has 0 saturated heterocycles. The van der Waals surface area contributed by atoms with Crippen molar-refractivity contribution in [2.45, 2.75) is 20.3 Å². The zero-order valence-corrected chi connectivity index (χ0v) is 11.7. The first-order valence-electron chi connectivity index (χ1n) is 6.91. The third kappa shape index (κ3) is 2.37. The minimum absolute atomic E-state index is 0.780. The molecule has 0 aliphatic rings. The Balaban J connectivity index is 2.09. The van der Waals surface area contributed by atoms with Gasteiger partial charge in [0.1, 0.15) is 22.9 Å². The molecular weight excluding hydrogens is 250 g/mol. The first-order valence-corrected chi connectivity index (χ1v) is 6.91. The van der Waals surface area contributed by atoms with E-state index in [1.165, 1.54) is 0 Å². The second-order valence-electron chi connectivity index (χ2n) is 4.59. The summed E-state index contributed by atoms with van der Waals surface area (Å²) in [7, 11) is 0. The number of nitrogens with one attached hydrogen (secondary N) is 1. The van der Waals surface area contributed by atoms with Crippen molar-refractivity contribution in [3.05, 3.63) is 42.2 Å². The van der Waals surface area contributed by atoms with Gasteiger partial charge in [-0.05, 0) is 19.1 Å². The number of benzene rings is 1. The predicted octanol–water partition coefficient (Wildman–Crippen LogP) is 3.88. The van der Waals surface area contributed by atoms with Crippen LogP contribution in [-0.4, -0.2) is 16.5 Å². The average Bonchev–Trinajstić information content (AvgIpc) is 2.91. The van der Waals surface area contributed by atoms with Gasteiger partial charge in [-0.25, -0.2) is 9.97 Å². The Morgan fingerprint density at radius 2 is 1.95 bits per heavy atom. The quantitative estimate of drug-likeness (QED) is 0.779. The number of anilines is 1. The molecule has 3 rings (SSSR count). The van der Waals surface area contributed by atoms with Gasteiger partial charge in [0.05, 0.1) is 0 Å². The molecule has 4 heteroatoms. The predicted molar refractivity (Wildman–Crippen MR) is 80.8 cm³/mol. The highest BCUT2D eigenvalue weighted by molar-refractivity contribution is 5.82. The van der Waals surface area contributed by atoms with Crippen LogP contribution in [-0.2, 0) is 6.42 Å². The van der Waals surface area contributed by atoms with E-state index in [0.29, 0.717) is 0 Å². The smallest absolute Gasteiger partial charge is 0.154 e. The summed E-state index contributed by atoms with van der Waals surface area (Å²) in [6.45, 7) is 4.93. The van der Waals surface area contributed by atoms with Crippen molar-refractivity contribution in [2.24, 2.45) is 0 Å². The monoisotopic (exact) mass is 267 g/mol. The van der Waals surface area contributed by atoms with Crippen LogP contribution < -0.4 is 5.32 Å². The Labute approximate surface area is 117 Å². The van der Waals surface area contributed by atoms with Crippen molar-refractivity contribution in [1.82, 2.24) is 9.97 Å². The maximum absolute atomic E-state index is 5.87. The van der Waals surface area contributed by atoms with Crippen LogP contribution in [0.4, 0.5) is 5.82 Å². The molecule has 102 valence electrons. The summed E-state index contributed by atoms with van der Waals surface area (Å²) >= 11 is 0. The minimum Gasteiger partial charge on any atom is -0.454 e. The summed E-state index contributed by atoms with van der Waals surface area (Å²) in [5, 5.41) is 4.32. The third-order valence-electron chi connectivity index (χ3n) is 3.12. The number of aryl methyl sites for hydroxylation is 1. The molecule has 0 radical (unpaired) electrons. The molecule has 0 aliphatic heterocycles. The van der Waals surface area contributed by atoms with Crippen LogP contribution >= 0.6 is 0 Å². The van der Waals surface area contributed by atoms with Crippen LogP contribution in [0, 0.1) is 0 Å². The third-order valence-corrected chi connectivity index (χ3v) is 3.12. The summed E-state index contributed by atoms with van der Waals surface area (Å²) in [5.41, 5.74) is 1.70. The lowest BCUT2D eigenvalue weighted by Gasteiger charge is -2.06. The molecule has 0 bridgehead atoms. The van der Waals surface area contributed by atoms with E-state index >= 15 is 0 Å². The lowest BCUT2D eigenvalue weighted by atomic mass is 10.2. The fourth-order valence-electron chi connectivity index (χ4n) is 2.16. The topological polar surface area (TPSA) is 51.0 Å². The van der Waals surface area contributed by atoms with Gasteiger partial charge in [0, 0.05) is 24.4 Å². The van der Waals surface area contributed by atoms with E-state index in [9.17, 15) is 0 Å². The highest BCUT2D eigenvalue weighted by Crippen LogP contribution is 2.27. The van der Waals surface area contributed by atoms with Gasteiger partial charge in [0.15, 0.2) is 5.76 Å². The lowest BCUT2D eigenvalue weighted by molar-refractivity contribution is 0.627. The maximum Gasteiger partial charge on any atom is 0.154 e. The molecule has 0 fully saturated rings. The Kier molecular flexibility index (Phi) is 3.37. The molecule has 0 spiro atoms. The van der Waals surface area contributed by atoms with E-state index in [-0.39, 0.29) is 0 Å². The molecule has 0 saturated carbocycles. The average molecular weight is 267 g/mol. The number of hydrogen-bond acceptors (Lipinski definition) is 4. The normalized spacial score (nSPS) is 10.9. The molecule has 2 heterocycles. The summed E-state index contributed by atoms with van der Waals surface area (Å²) in [6.07, 6.45) is 0.798. The molecule has 1 aromatic carbocycles. The van der Waals surface area contributed by atoms with Crippen molar-refractivity contribution >= 4 is 16.8 Å². The second kappa shape index (κ2) is 5.33. The molecule has 0 unspecified atom stereocenters. The van der Waals surface area contributed by atoms with Crippen molar-refractivity contribution in [3.8, 4) is 11.5 Å². The van der Waals surface area contributed by atoms with Crippen LogP contribution in [0.5, 0.6) is 0 Å². The van der Waals surface area contributed by atoms with Gasteiger partial charge in [-0.3, -0.25) is 0 Å². The Morgan fingerprint density at radius 1 is 1.10 bits per heavy atom. The molecule has 0 atom stereocenters. The van der Waals surface area contributed by atoms with Gasteiger partial charge in [0.2, 0.25) is 0 Å². The van der Waals surface area contributed by atoms with Crippen molar-refractivity contribution in [1.29, 1.82) is 0 Å². The highest BCUT2D eigenvalue weighted by atomic mass is 16.3. The molecular formula is C16H17N3O. The van der Waals surface area contributed by atoms with Crippen LogP contribution in [0.25, 0.3) is 22.4 Å². The van der Waals surface area contributed by atoms with Gasteiger partial charge in [0.25, 0.3) is 0 Å². The fourth-order valence-corrected chi connectivity index (χ4v) is 2.16. The number of nitrogens with zero attached hydrogens (tertiary/aromatic N) is 2. The minimum atomic E-state index is 0.780. The lowest BCUT2D eigenvalue weighted by Crippen LogP contribution is -2.03. The van der Waals surface area contributed by atoms with E-state index in [0.717, 1.165) is 47.0 Å². The maximum atomic E-state index is 5.87. The second-order valence-corrected chi connectivity index (χ2v) is 4.59. The Bertz CT molecular complexity index is 700. The number of furan rings is 1. The largest absolute Gasteiger partial charge is 0.454 e. The van der Waals surface area contributed by atoms with Crippen LogP contribution in [0.1, 0.15) is 19.7 Å². The van der Waals surface area contributed by atoms with E-state index in [1.807, 2.05) is 43.3 Å². The zero-order chi connectivity index (χ0) is 13.9. The molecule has 3 aromatic rings. The number of fused-ring (bicyclic) bond motifs is 1. The van der Waals surface area contributed by atoms with E-state index in [1.54, 1.807) is 0 Å². The van der Waals surface area contributed by atoms with Crippen LogP contribution in [0.3, 0.4) is 0 Å². The van der Waals surface area contributed by atoms with Crippen molar-refractivity contribution in [2.75, 3.05) is 11.9 Å². The summed E-state index contributed by atoms with van der Waals surface area (Å²) in [6, 6.07) is 11.9. The standard InChI is InChI=1S/C16H17N3O/c1-3-15-18-12(10-16(19-15)17-4-2)14-9-11-7-5-6-8-13(11)20-14/h5-10H,3-4H2,1-2H3,(H,17,18,19). The van der Waals surface area contributed by atoms with Gasteiger partial charge in [-0.1, -0.05) is 25.1 Å². The molecule has 20 heavy (non-hydrogen) atoms. The number of hydrogen-bond donors (Lipinski definition) is 1. The Hall–Kier alpha value is -2.36. The SMILES string of the molecule is CCNc1cc(-c2cc3ccccc3o2)nc(CC)n1. The number of para-hydroxylation sites is 1. The number of aromatic nitrogens is 2. The first-order chi connectivity index (χ1) is 9.80. The summed E-state index contributed by atoms with van der Waals surface area (Å²) in [4.78, 5) is 9.01. The summed E-state index contributed by atoms with van der Waals surface area (Å²) < 4.78 is 5.87. The summed E-state index contributed by atoms with van der Waals surface area (Å²) in [5.74, 6) is 2.44. The van der Waals surface area contributed by atoms with E-state index in [2.05, 4.69) is 22.2 Å². The fraction of sp³-hybridized carbons (Fsp3) is 0.250. The Morgan fingerprint density at radius 3 is 2.70 bits per heavy atom. The van der Waals surface area contributed by atoms with Gasteiger partial charge < -0.3 is 9.73 Å². The van der Waals surface area contributed by atoms with Crippen LogP contribution in [0.15, 0.2) is 40.8 Å². The van der Waals surface area contributed by atoms with Crippen LogP contribution in [0.2, 0.25) is 0 Å². The highest BCUT2D eigenvalue weighted by Gasteiger charge is 2.10. The molecule has 2 aromatic heterocycles. The van der Waals surface area contributed by atoms with Gasteiger partial charge in [-0.2, -0.15) is 0 Å². The van der Waals surface area contributed by atoms with E-state index < -0.39 is 0 Å². The molecule has 0 aliphatic carbocycles. The first kappa shape index (κ1) is 12.7. The van der Waals surface area contributed by atoms with Gasteiger partial charge in [-0.15, -0.1) is 0 Å². The zero-order valence-electron chi connectivity index (χ0n) is 11.7. The van der Waals surface area contributed by atoms with Gasteiger partial charge >= 0.3 is 0 Å². The molecule has 4 nitrogen and oxygen atoms in total. The van der Waals surface area contributed by atoms with Crippen molar-refractivity contribution in [3.63, 3.8) is 0 Å².